The maximum Gasteiger partial charge on any atom is 0.311 e. The fourth-order valence-corrected chi connectivity index (χ4v) is 2.90. The summed E-state index contributed by atoms with van der Waals surface area (Å²) in [6, 6.07) is 3.59. The summed E-state index contributed by atoms with van der Waals surface area (Å²) in [6.07, 6.45) is 2.07. The van der Waals surface area contributed by atoms with E-state index >= 15 is 0 Å². The van der Waals surface area contributed by atoms with Crippen molar-refractivity contribution in [2.24, 2.45) is 0 Å². The maximum absolute atomic E-state index is 12.2. The minimum absolute atomic E-state index is 0.201. The van der Waals surface area contributed by atoms with Crippen LogP contribution in [0.15, 0.2) is 23.1 Å². The molecule has 0 bridgehead atoms. The van der Waals surface area contributed by atoms with E-state index in [0.717, 1.165) is 17.8 Å². The van der Waals surface area contributed by atoms with Gasteiger partial charge in [-0.15, -0.1) is 0 Å². The number of phenolic OH excluding ortho intramolecular Hbond substituents is 1. The van der Waals surface area contributed by atoms with Crippen LogP contribution < -0.4 is 0 Å². The first-order chi connectivity index (χ1) is 10.3. The van der Waals surface area contributed by atoms with Gasteiger partial charge in [-0.2, -0.15) is 0 Å². The molecule has 1 aromatic rings. The van der Waals surface area contributed by atoms with Crippen molar-refractivity contribution in [2.45, 2.75) is 26.3 Å². The molecule has 1 heterocycles. The molecule has 1 aliphatic rings. The third kappa shape index (κ3) is 2.96. The number of nitro benzene ring substituents is 1. The number of carbonyl (C=O) groups is 2. The van der Waals surface area contributed by atoms with Crippen molar-refractivity contribution in [3.63, 3.8) is 0 Å². The van der Waals surface area contributed by atoms with Crippen molar-refractivity contribution < 1.29 is 19.6 Å². The van der Waals surface area contributed by atoms with E-state index in [-0.39, 0.29) is 16.2 Å². The first kappa shape index (κ1) is 16.0. The van der Waals surface area contributed by atoms with Gasteiger partial charge < -0.3 is 5.11 Å². The fourth-order valence-electron chi connectivity index (χ4n) is 1.97. The molecule has 0 saturated carbocycles. The Balaban J connectivity index is 2.35. The highest BCUT2D eigenvalue weighted by molar-refractivity contribution is 8.18. The summed E-state index contributed by atoms with van der Waals surface area (Å²) in [6.45, 7) is 3.66. The molecular formula is C14H14N2O5S. The van der Waals surface area contributed by atoms with Gasteiger partial charge in [0.25, 0.3) is 11.1 Å². The molecule has 7 nitrogen and oxygen atoms in total. The van der Waals surface area contributed by atoms with Gasteiger partial charge >= 0.3 is 5.69 Å². The highest BCUT2D eigenvalue weighted by atomic mass is 32.2. The molecule has 0 aromatic heterocycles. The molecule has 1 aliphatic heterocycles. The van der Waals surface area contributed by atoms with Gasteiger partial charge in [-0.3, -0.25) is 24.6 Å². The molecule has 1 aromatic carbocycles. The van der Waals surface area contributed by atoms with Gasteiger partial charge in [0.05, 0.1) is 9.83 Å². The number of benzene rings is 1. The number of phenols is 1. The van der Waals surface area contributed by atoms with Gasteiger partial charge in [-0.05, 0) is 42.8 Å². The van der Waals surface area contributed by atoms with Gasteiger partial charge in [0, 0.05) is 12.1 Å². The zero-order chi connectivity index (χ0) is 16.4. The number of amides is 2. The lowest BCUT2D eigenvalue weighted by Crippen LogP contribution is -2.36. The molecule has 1 atom stereocenters. The zero-order valence-corrected chi connectivity index (χ0v) is 12.8. The van der Waals surface area contributed by atoms with Gasteiger partial charge in [0.2, 0.25) is 0 Å². The Bertz CT molecular complexity index is 686. The van der Waals surface area contributed by atoms with E-state index in [1.165, 1.54) is 23.1 Å². The van der Waals surface area contributed by atoms with Crippen molar-refractivity contribution in [1.82, 2.24) is 4.90 Å². The van der Waals surface area contributed by atoms with Crippen LogP contribution in [0.25, 0.3) is 6.08 Å². The number of nitro groups is 1. The van der Waals surface area contributed by atoms with E-state index < -0.39 is 22.3 Å². The summed E-state index contributed by atoms with van der Waals surface area (Å²) in [5.74, 6) is -0.852. The van der Waals surface area contributed by atoms with E-state index in [4.69, 9.17) is 0 Å². The van der Waals surface area contributed by atoms with Crippen molar-refractivity contribution in [1.29, 1.82) is 0 Å². The van der Waals surface area contributed by atoms with Crippen molar-refractivity contribution >= 4 is 34.7 Å². The maximum atomic E-state index is 12.2. The number of imide groups is 1. The molecule has 1 fully saturated rings. The molecule has 116 valence electrons. The van der Waals surface area contributed by atoms with Crippen LogP contribution in [0.2, 0.25) is 0 Å². The standard InChI is InChI=1S/C14H14N2O5S/c1-3-8(2)15-13(18)12(22-14(15)19)7-9-4-5-11(17)10(6-9)16(20)21/h4-8,17H,3H2,1-2H3/b12-7+/t8-/m1/s1. The van der Waals surface area contributed by atoms with E-state index in [1.54, 1.807) is 6.92 Å². The summed E-state index contributed by atoms with van der Waals surface area (Å²) in [7, 11) is 0. The second-order valence-electron chi connectivity index (χ2n) is 4.81. The number of carbonyl (C=O) groups excluding carboxylic acids is 2. The Kier molecular flexibility index (Phi) is 4.51. The van der Waals surface area contributed by atoms with Crippen LogP contribution in [0.1, 0.15) is 25.8 Å². The van der Waals surface area contributed by atoms with Crippen LogP contribution in [0.3, 0.4) is 0 Å². The number of aromatic hydroxyl groups is 1. The van der Waals surface area contributed by atoms with E-state index in [9.17, 15) is 24.8 Å². The van der Waals surface area contributed by atoms with E-state index in [2.05, 4.69) is 0 Å². The average molecular weight is 322 g/mol. The lowest BCUT2D eigenvalue weighted by Gasteiger charge is -2.19. The number of thioether (sulfide) groups is 1. The highest BCUT2D eigenvalue weighted by Gasteiger charge is 2.37. The van der Waals surface area contributed by atoms with Crippen LogP contribution in [0, 0.1) is 10.1 Å². The predicted molar refractivity (Wildman–Crippen MR) is 82.3 cm³/mol. The van der Waals surface area contributed by atoms with Crippen LogP contribution in [-0.2, 0) is 4.79 Å². The fraction of sp³-hybridized carbons (Fsp3) is 0.286. The third-order valence-electron chi connectivity index (χ3n) is 3.35. The Morgan fingerprint density at radius 1 is 1.45 bits per heavy atom. The van der Waals surface area contributed by atoms with Gasteiger partial charge in [-0.25, -0.2) is 0 Å². The van der Waals surface area contributed by atoms with E-state index in [0.29, 0.717) is 12.0 Å². The topological polar surface area (TPSA) is 101 Å². The summed E-state index contributed by atoms with van der Waals surface area (Å²) in [4.78, 5) is 35.6. The largest absolute Gasteiger partial charge is 0.502 e. The first-order valence-electron chi connectivity index (χ1n) is 6.59. The van der Waals surface area contributed by atoms with Gasteiger partial charge in [0.15, 0.2) is 5.75 Å². The summed E-state index contributed by atoms with van der Waals surface area (Å²) in [5.41, 5.74) is -0.0749. The number of hydrogen-bond donors (Lipinski definition) is 1. The molecule has 1 saturated heterocycles. The van der Waals surface area contributed by atoms with Crippen molar-refractivity contribution in [2.75, 3.05) is 0 Å². The Hall–Kier alpha value is -2.35. The second kappa shape index (κ2) is 6.18. The van der Waals surface area contributed by atoms with Crippen LogP contribution >= 0.6 is 11.8 Å². The molecule has 0 aliphatic carbocycles. The number of rotatable bonds is 4. The molecule has 0 radical (unpaired) electrons. The lowest BCUT2D eigenvalue weighted by atomic mass is 10.1. The van der Waals surface area contributed by atoms with E-state index in [1.807, 2.05) is 6.92 Å². The zero-order valence-electron chi connectivity index (χ0n) is 12.0. The van der Waals surface area contributed by atoms with Crippen molar-refractivity contribution in [3.05, 3.63) is 38.8 Å². The third-order valence-corrected chi connectivity index (χ3v) is 4.23. The molecule has 0 unspecified atom stereocenters. The van der Waals surface area contributed by atoms with Crippen LogP contribution in [0.5, 0.6) is 5.75 Å². The highest BCUT2D eigenvalue weighted by Crippen LogP contribution is 2.35. The molecule has 8 heteroatoms. The molecule has 2 rings (SSSR count). The monoisotopic (exact) mass is 322 g/mol. The molecule has 1 N–H and O–H groups in total. The second-order valence-corrected chi connectivity index (χ2v) is 5.81. The van der Waals surface area contributed by atoms with Gasteiger partial charge in [-0.1, -0.05) is 13.0 Å². The number of hydrogen-bond acceptors (Lipinski definition) is 6. The molecule has 0 spiro atoms. The van der Waals surface area contributed by atoms with Crippen molar-refractivity contribution in [3.8, 4) is 5.75 Å². The van der Waals surface area contributed by atoms with Crippen LogP contribution in [-0.4, -0.2) is 32.1 Å². The minimum atomic E-state index is -0.711. The Labute approximate surface area is 130 Å². The number of nitrogens with zero attached hydrogens (tertiary/aromatic N) is 2. The first-order valence-corrected chi connectivity index (χ1v) is 7.41. The molecular weight excluding hydrogens is 308 g/mol. The molecule has 2 amide bonds. The Morgan fingerprint density at radius 2 is 2.14 bits per heavy atom. The Morgan fingerprint density at radius 3 is 2.73 bits per heavy atom. The summed E-state index contributed by atoms with van der Waals surface area (Å²) >= 11 is 0.805. The minimum Gasteiger partial charge on any atom is -0.502 e. The van der Waals surface area contributed by atoms with Gasteiger partial charge in [0.1, 0.15) is 0 Å². The predicted octanol–water partition coefficient (Wildman–Crippen LogP) is 3.14. The average Bonchev–Trinajstić information content (AvgIpc) is 2.74. The van der Waals surface area contributed by atoms with Crippen LogP contribution in [0.4, 0.5) is 10.5 Å². The molecule has 22 heavy (non-hydrogen) atoms. The smallest absolute Gasteiger partial charge is 0.311 e. The normalized spacial score (nSPS) is 18.1. The lowest BCUT2D eigenvalue weighted by molar-refractivity contribution is -0.385. The SMILES string of the molecule is CC[C@@H](C)N1C(=O)S/C(=C/c2ccc(O)c([N+](=O)[O-])c2)C1=O. The summed E-state index contributed by atoms with van der Waals surface area (Å²) < 4.78 is 0. The quantitative estimate of drug-likeness (QED) is 0.519. The summed E-state index contributed by atoms with van der Waals surface area (Å²) in [5, 5.41) is 19.9.